The lowest BCUT2D eigenvalue weighted by Gasteiger charge is -2.07. The number of carbonyl (C=O) groups is 1. The minimum atomic E-state index is -3.58. The number of rotatable bonds is 5. The first kappa shape index (κ1) is 16.6. The molecule has 0 fully saturated rings. The highest BCUT2D eigenvalue weighted by atomic mass is 32.2. The van der Waals surface area contributed by atoms with E-state index in [0.29, 0.717) is 17.7 Å². The monoisotopic (exact) mass is 361 g/mol. The van der Waals surface area contributed by atoms with E-state index in [-0.39, 0.29) is 11.7 Å². The molecule has 3 aromatic rings. The van der Waals surface area contributed by atoms with Crippen LogP contribution in [0.5, 0.6) is 0 Å². The molecule has 0 radical (unpaired) electrons. The molecule has 0 saturated carbocycles. The molecule has 0 aliphatic carbocycles. The summed E-state index contributed by atoms with van der Waals surface area (Å²) in [5.74, 6) is -0.458. The number of nitrogens with zero attached hydrogens (tertiary/aromatic N) is 1. The number of carbonyl (C=O) groups excluding carboxylic acids is 1. The van der Waals surface area contributed by atoms with E-state index in [1.807, 2.05) is 17.5 Å². The molecule has 8 heteroatoms. The zero-order valence-corrected chi connectivity index (χ0v) is 14.2. The molecule has 3 rings (SSSR count). The fourth-order valence-electron chi connectivity index (χ4n) is 2.33. The summed E-state index contributed by atoms with van der Waals surface area (Å²) in [6.07, 6.45) is 1.55. The molecule has 0 unspecified atom stereocenters. The number of sulfonamides is 1. The molecule has 2 aromatic heterocycles. The normalized spacial score (nSPS) is 11.5. The summed E-state index contributed by atoms with van der Waals surface area (Å²) in [7, 11) is -3.58. The van der Waals surface area contributed by atoms with E-state index < -0.39 is 10.0 Å². The molecule has 6 nitrogen and oxygen atoms in total. The molecule has 3 N–H and O–H groups in total. The van der Waals surface area contributed by atoms with Crippen LogP contribution in [0.15, 0.2) is 48.0 Å². The SMILES string of the molecule is NS(=O)(=O)Cc1cccc(CNC(=O)c2cnc3sccc3c2)c1. The van der Waals surface area contributed by atoms with Gasteiger partial charge in [0.25, 0.3) is 5.91 Å². The smallest absolute Gasteiger partial charge is 0.253 e. The van der Waals surface area contributed by atoms with E-state index in [1.54, 1.807) is 30.5 Å². The van der Waals surface area contributed by atoms with Gasteiger partial charge >= 0.3 is 0 Å². The summed E-state index contributed by atoms with van der Waals surface area (Å²) in [5, 5.41) is 10.7. The van der Waals surface area contributed by atoms with Crippen LogP contribution in [0.3, 0.4) is 0 Å². The Morgan fingerprint density at radius 3 is 2.79 bits per heavy atom. The van der Waals surface area contributed by atoms with Crippen LogP contribution in [-0.2, 0) is 22.3 Å². The van der Waals surface area contributed by atoms with Gasteiger partial charge in [-0.1, -0.05) is 24.3 Å². The highest BCUT2D eigenvalue weighted by molar-refractivity contribution is 7.88. The summed E-state index contributed by atoms with van der Waals surface area (Å²) >= 11 is 1.52. The largest absolute Gasteiger partial charge is 0.348 e. The van der Waals surface area contributed by atoms with E-state index in [0.717, 1.165) is 15.8 Å². The average Bonchev–Trinajstić information content (AvgIpc) is 2.99. The van der Waals surface area contributed by atoms with Crippen molar-refractivity contribution in [1.29, 1.82) is 0 Å². The highest BCUT2D eigenvalue weighted by Crippen LogP contribution is 2.19. The third-order valence-electron chi connectivity index (χ3n) is 3.38. The number of hydrogen-bond donors (Lipinski definition) is 2. The second kappa shape index (κ2) is 6.68. The van der Waals surface area contributed by atoms with E-state index in [4.69, 9.17) is 5.14 Å². The maximum Gasteiger partial charge on any atom is 0.253 e. The van der Waals surface area contributed by atoms with Crippen molar-refractivity contribution in [2.45, 2.75) is 12.3 Å². The van der Waals surface area contributed by atoms with Gasteiger partial charge in [-0.3, -0.25) is 4.79 Å². The Hall–Kier alpha value is -2.29. The molecule has 2 heterocycles. The molecular formula is C16H15N3O3S2. The fourth-order valence-corrected chi connectivity index (χ4v) is 3.69. The van der Waals surface area contributed by atoms with Gasteiger partial charge in [0.2, 0.25) is 10.0 Å². The molecule has 124 valence electrons. The number of fused-ring (bicyclic) bond motifs is 1. The van der Waals surface area contributed by atoms with Crippen LogP contribution in [0.4, 0.5) is 0 Å². The van der Waals surface area contributed by atoms with Crippen molar-refractivity contribution in [2.75, 3.05) is 0 Å². The minimum Gasteiger partial charge on any atom is -0.348 e. The molecule has 24 heavy (non-hydrogen) atoms. The van der Waals surface area contributed by atoms with Crippen molar-refractivity contribution in [3.8, 4) is 0 Å². The van der Waals surface area contributed by atoms with Crippen LogP contribution in [0.1, 0.15) is 21.5 Å². The summed E-state index contributed by atoms with van der Waals surface area (Å²) in [4.78, 5) is 17.4. The van der Waals surface area contributed by atoms with Gasteiger partial charge < -0.3 is 5.32 Å². The minimum absolute atomic E-state index is 0.229. The topological polar surface area (TPSA) is 102 Å². The van der Waals surface area contributed by atoms with Crippen LogP contribution in [0.2, 0.25) is 0 Å². The molecule has 0 saturated heterocycles. The van der Waals surface area contributed by atoms with Gasteiger partial charge in [0, 0.05) is 18.1 Å². The van der Waals surface area contributed by atoms with Crippen molar-refractivity contribution < 1.29 is 13.2 Å². The summed E-state index contributed by atoms with van der Waals surface area (Å²) < 4.78 is 22.3. The summed E-state index contributed by atoms with van der Waals surface area (Å²) in [6, 6.07) is 10.7. The Morgan fingerprint density at radius 2 is 2.00 bits per heavy atom. The van der Waals surface area contributed by atoms with Crippen molar-refractivity contribution in [3.05, 3.63) is 64.7 Å². The number of aromatic nitrogens is 1. The molecule has 0 bridgehead atoms. The van der Waals surface area contributed by atoms with Gasteiger partial charge in [-0.2, -0.15) is 0 Å². The standard InChI is InChI=1S/C16H15N3O3S2/c17-24(21,22)10-12-3-1-2-11(6-12)8-18-15(20)14-7-13-4-5-23-16(13)19-9-14/h1-7,9H,8,10H2,(H,18,20)(H2,17,21,22). The predicted octanol–water partition coefficient (Wildman–Crippen LogP) is 2.01. The van der Waals surface area contributed by atoms with Crippen molar-refractivity contribution in [2.24, 2.45) is 5.14 Å². The number of thiophene rings is 1. The molecular weight excluding hydrogens is 346 g/mol. The lowest BCUT2D eigenvalue weighted by molar-refractivity contribution is 0.0950. The van der Waals surface area contributed by atoms with E-state index in [2.05, 4.69) is 10.3 Å². The average molecular weight is 361 g/mol. The van der Waals surface area contributed by atoms with Gasteiger partial charge in [0.1, 0.15) is 4.83 Å². The van der Waals surface area contributed by atoms with Crippen LogP contribution in [0.25, 0.3) is 10.2 Å². The third kappa shape index (κ3) is 4.16. The van der Waals surface area contributed by atoms with Gasteiger partial charge in [-0.05, 0) is 28.6 Å². The number of primary sulfonamides is 1. The number of nitrogens with one attached hydrogen (secondary N) is 1. The zero-order chi connectivity index (χ0) is 17.2. The number of hydrogen-bond acceptors (Lipinski definition) is 5. The Labute approximate surface area is 143 Å². The van der Waals surface area contributed by atoms with E-state index >= 15 is 0 Å². The highest BCUT2D eigenvalue weighted by Gasteiger charge is 2.09. The van der Waals surface area contributed by atoms with E-state index in [1.165, 1.54) is 11.3 Å². The predicted molar refractivity (Wildman–Crippen MR) is 94.0 cm³/mol. The van der Waals surface area contributed by atoms with Crippen molar-refractivity contribution in [1.82, 2.24) is 10.3 Å². The first-order chi connectivity index (χ1) is 11.4. The van der Waals surface area contributed by atoms with Gasteiger partial charge in [0.15, 0.2) is 0 Å². The van der Waals surface area contributed by atoms with Gasteiger partial charge in [-0.15, -0.1) is 11.3 Å². The Balaban J connectivity index is 1.68. The van der Waals surface area contributed by atoms with E-state index in [9.17, 15) is 13.2 Å². The van der Waals surface area contributed by atoms with Crippen LogP contribution < -0.4 is 10.5 Å². The second-order valence-electron chi connectivity index (χ2n) is 5.35. The van der Waals surface area contributed by atoms with Gasteiger partial charge in [-0.25, -0.2) is 18.5 Å². The second-order valence-corrected chi connectivity index (χ2v) is 7.86. The van der Waals surface area contributed by atoms with Crippen LogP contribution in [-0.4, -0.2) is 19.3 Å². The van der Waals surface area contributed by atoms with Gasteiger partial charge in [0.05, 0.1) is 11.3 Å². The molecule has 1 amide bonds. The molecule has 0 atom stereocenters. The maximum absolute atomic E-state index is 12.2. The summed E-state index contributed by atoms with van der Waals surface area (Å²) in [6.45, 7) is 0.291. The van der Waals surface area contributed by atoms with Crippen molar-refractivity contribution in [3.63, 3.8) is 0 Å². The Morgan fingerprint density at radius 1 is 1.21 bits per heavy atom. The Bertz CT molecular complexity index is 996. The first-order valence-corrected chi connectivity index (χ1v) is 9.70. The molecule has 0 aliphatic rings. The molecule has 1 aromatic carbocycles. The molecule has 0 aliphatic heterocycles. The third-order valence-corrected chi connectivity index (χ3v) is 4.95. The zero-order valence-electron chi connectivity index (χ0n) is 12.6. The maximum atomic E-state index is 12.2. The quantitative estimate of drug-likeness (QED) is 0.726. The van der Waals surface area contributed by atoms with Crippen molar-refractivity contribution >= 4 is 37.5 Å². The number of benzene rings is 1. The lowest BCUT2D eigenvalue weighted by atomic mass is 10.1. The number of nitrogens with two attached hydrogens (primary N) is 1. The Kier molecular flexibility index (Phi) is 4.61. The fraction of sp³-hybridized carbons (Fsp3) is 0.125. The first-order valence-electron chi connectivity index (χ1n) is 7.10. The number of pyridine rings is 1. The lowest BCUT2D eigenvalue weighted by Crippen LogP contribution is -2.23. The van der Waals surface area contributed by atoms with Crippen LogP contribution >= 0.6 is 11.3 Å². The van der Waals surface area contributed by atoms with Crippen LogP contribution in [0, 0.1) is 0 Å². The number of amides is 1. The summed E-state index contributed by atoms with van der Waals surface area (Å²) in [5.41, 5.74) is 1.88. The molecule has 0 spiro atoms.